The summed E-state index contributed by atoms with van der Waals surface area (Å²) in [6.45, 7) is 6.36. The number of fused-ring (bicyclic) bond motifs is 1. The van der Waals surface area contributed by atoms with Crippen LogP contribution in [0.25, 0.3) is 16.7 Å². The summed E-state index contributed by atoms with van der Waals surface area (Å²) in [6, 6.07) is 13.8. The van der Waals surface area contributed by atoms with Crippen LogP contribution < -0.4 is 5.32 Å². The lowest BCUT2D eigenvalue weighted by atomic mass is 9.89. The van der Waals surface area contributed by atoms with Gasteiger partial charge in [0.25, 0.3) is 0 Å². The number of hydrogen-bond donors (Lipinski definition) is 1. The first-order valence-electron chi connectivity index (χ1n) is 7.22. The van der Waals surface area contributed by atoms with Crippen molar-refractivity contribution in [3.63, 3.8) is 0 Å². The molecule has 1 aliphatic heterocycles. The highest BCUT2D eigenvalue weighted by molar-refractivity contribution is 6.35. The van der Waals surface area contributed by atoms with Crippen LogP contribution in [-0.2, 0) is 0 Å². The number of anilines is 1. The van der Waals surface area contributed by atoms with Gasteiger partial charge in [0.15, 0.2) is 0 Å². The van der Waals surface area contributed by atoms with Crippen LogP contribution in [0.4, 0.5) is 5.69 Å². The van der Waals surface area contributed by atoms with Crippen molar-refractivity contribution in [3.8, 4) is 17.2 Å². The van der Waals surface area contributed by atoms with Crippen molar-refractivity contribution in [1.82, 2.24) is 0 Å². The van der Waals surface area contributed by atoms with Crippen LogP contribution in [0.3, 0.4) is 0 Å². The summed E-state index contributed by atoms with van der Waals surface area (Å²) < 4.78 is 0. The van der Waals surface area contributed by atoms with Crippen LogP contribution in [0.15, 0.2) is 42.5 Å². The average Bonchev–Trinajstić information content (AvgIpc) is 2.45. The van der Waals surface area contributed by atoms with Crippen molar-refractivity contribution in [1.29, 1.82) is 5.26 Å². The van der Waals surface area contributed by atoms with Crippen molar-refractivity contribution in [2.75, 3.05) is 5.32 Å². The third-order valence-corrected chi connectivity index (χ3v) is 4.27. The van der Waals surface area contributed by atoms with Gasteiger partial charge in [0.05, 0.1) is 22.2 Å². The normalized spacial score (nSPS) is 15.3. The lowest BCUT2D eigenvalue weighted by molar-refractivity contribution is 0.707. The summed E-state index contributed by atoms with van der Waals surface area (Å²) in [5, 5.41) is 13.3. The number of rotatable bonds is 1. The fraction of sp³-hybridized carbons (Fsp3) is 0.211. The number of benzene rings is 2. The third-order valence-electron chi connectivity index (χ3n) is 3.87. The highest BCUT2D eigenvalue weighted by Gasteiger charge is 2.25. The minimum absolute atomic E-state index is 0.0807. The summed E-state index contributed by atoms with van der Waals surface area (Å²) in [5.74, 6) is 0. The predicted octanol–water partition coefficient (Wildman–Crippen LogP) is 5.49. The smallest absolute Gasteiger partial charge is 0.0991 e. The van der Waals surface area contributed by atoms with E-state index in [0.717, 1.165) is 27.4 Å². The number of nitriles is 1. The lowest BCUT2D eigenvalue weighted by Crippen LogP contribution is -2.31. The molecule has 2 aromatic rings. The van der Waals surface area contributed by atoms with Crippen molar-refractivity contribution < 1.29 is 0 Å². The van der Waals surface area contributed by atoms with Crippen LogP contribution in [0.1, 0.15) is 31.9 Å². The maximum absolute atomic E-state index is 9.07. The first kappa shape index (κ1) is 14.7. The van der Waals surface area contributed by atoms with Gasteiger partial charge in [-0.1, -0.05) is 35.9 Å². The van der Waals surface area contributed by atoms with E-state index in [9.17, 15) is 0 Å². The Hall–Kier alpha value is -2.24. The van der Waals surface area contributed by atoms with Gasteiger partial charge in [0.1, 0.15) is 0 Å². The van der Waals surface area contributed by atoms with E-state index in [-0.39, 0.29) is 5.54 Å². The van der Waals surface area contributed by atoms with Gasteiger partial charge >= 0.3 is 0 Å². The van der Waals surface area contributed by atoms with Crippen LogP contribution in [0.2, 0.25) is 5.02 Å². The van der Waals surface area contributed by atoms with Gasteiger partial charge in [-0.05, 0) is 50.1 Å². The molecule has 3 heteroatoms. The van der Waals surface area contributed by atoms with E-state index in [1.165, 1.54) is 5.57 Å². The Kier molecular flexibility index (Phi) is 3.47. The van der Waals surface area contributed by atoms with Gasteiger partial charge < -0.3 is 5.32 Å². The molecule has 1 heterocycles. The van der Waals surface area contributed by atoms with Gasteiger partial charge in [-0.15, -0.1) is 0 Å². The molecule has 1 N–H and O–H groups in total. The highest BCUT2D eigenvalue weighted by atomic mass is 35.5. The molecule has 0 saturated heterocycles. The van der Waals surface area contributed by atoms with Crippen LogP contribution in [0, 0.1) is 11.3 Å². The Morgan fingerprint density at radius 2 is 1.95 bits per heavy atom. The van der Waals surface area contributed by atoms with Crippen molar-refractivity contribution in [2.45, 2.75) is 26.3 Å². The molecule has 0 aromatic heterocycles. The molecule has 2 aromatic carbocycles. The van der Waals surface area contributed by atoms with Crippen LogP contribution >= 0.6 is 11.6 Å². The molecule has 3 rings (SSSR count). The molecule has 0 fully saturated rings. The quantitative estimate of drug-likeness (QED) is 0.756. The second-order valence-electron chi connectivity index (χ2n) is 6.22. The molecule has 0 radical (unpaired) electrons. The lowest BCUT2D eigenvalue weighted by Gasteiger charge is -2.32. The average molecular weight is 309 g/mol. The Labute approximate surface area is 136 Å². The topological polar surface area (TPSA) is 35.8 Å². The summed E-state index contributed by atoms with van der Waals surface area (Å²) in [7, 11) is 0. The first-order chi connectivity index (χ1) is 10.4. The van der Waals surface area contributed by atoms with Gasteiger partial charge in [0.2, 0.25) is 0 Å². The number of halogens is 1. The molecule has 110 valence electrons. The van der Waals surface area contributed by atoms with E-state index in [1.54, 1.807) is 6.07 Å². The second kappa shape index (κ2) is 5.19. The summed E-state index contributed by atoms with van der Waals surface area (Å²) in [6.07, 6.45) is 2.19. The molecule has 0 amide bonds. The van der Waals surface area contributed by atoms with Crippen molar-refractivity contribution >= 4 is 22.9 Å². The number of nitrogens with one attached hydrogen (secondary N) is 1. The molecule has 0 saturated carbocycles. The standard InChI is InChI=1S/C19H17ClN2/c1-12-10-19(2,3)22-16-8-7-15(18(20)17(12)16)14-6-4-5-13(9-14)11-21/h4-10,22H,1-3H3. The van der Waals surface area contributed by atoms with Gasteiger partial charge in [-0.3, -0.25) is 0 Å². The van der Waals surface area contributed by atoms with E-state index >= 15 is 0 Å². The summed E-state index contributed by atoms with van der Waals surface area (Å²) in [5.41, 5.74) is 5.73. The van der Waals surface area contributed by atoms with Crippen molar-refractivity contribution in [3.05, 3.63) is 58.6 Å². The Morgan fingerprint density at radius 1 is 1.18 bits per heavy atom. The van der Waals surface area contributed by atoms with E-state index in [4.69, 9.17) is 16.9 Å². The Balaban J connectivity index is 2.18. The fourth-order valence-electron chi connectivity index (χ4n) is 3.04. The van der Waals surface area contributed by atoms with Crippen LogP contribution in [-0.4, -0.2) is 5.54 Å². The highest BCUT2D eigenvalue weighted by Crippen LogP contribution is 2.42. The molecule has 0 unspecified atom stereocenters. The van der Waals surface area contributed by atoms with Crippen LogP contribution in [0.5, 0.6) is 0 Å². The maximum atomic E-state index is 9.07. The number of nitrogens with zero attached hydrogens (tertiary/aromatic N) is 1. The molecular formula is C19H17ClN2. The van der Waals surface area contributed by atoms with E-state index in [1.807, 2.05) is 24.3 Å². The molecule has 0 bridgehead atoms. The first-order valence-corrected chi connectivity index (χ1v) is 7.60. The second-order valence-corrected chi connectivity index (χ2v) is 6.59. The zero-order chi connectivity index (χ0) is 15.9. The molecule has 0 spiro atoms. The van der Waals surface area contributed by atoms with Gasteiger partial charge in [-0.25, -0.2) is 0 Å². The predicted molar refractivity (Wildman–Crippen MR) is 93.0 cm³/mol. The summed E-state index contributed by atoms with van der Waals surface area (Å²) in [4.78, 5) is 0. The fourth-order valence-corrected chi connectivity index (χ4v) is 3.46. The molecular weight excluding hydrogens is 292 g/mol. The maximum Gasteiger partial charge on any atom is 0.0991 e. The third kappa shape index (κ3) is 2.49. The molecule has 0 atom stereocenters. The Bertz CT molecular complexity index is 826. The van der Waals surface area contributed by atoms with E-state index < -0.39 is 0 Å². The molecule has 22 heavy (non-hydrogen) atoms. The molecule has 2 nitrogen and oxygen atoms in total. The zero-order valence-corrected chi connectivity index (χ0v) is 13.6. The minimum Gasteiger partial charge on any atom is -0.376 e. The molecule has 0 aliphatic carbocycles. The largest absolute Gasteiger partial charge is 0.376 e. The van der Waals surface area contributed by atoms with Gasteiger partial charge in [0, 0.05) is 16.8 Å². The minimum atomic E-state index is -0.0807. The number of hydrogen-bond acceptors (Lipinski definition) is 2. The van der Waals surface area contributed by atoms with E-state index in [0.29, 0.717) is 5.56 Å². The van der Waals surface area contributed by atoms with Crippen molar-refractivity contribution in [2.24, 2.45) is 0 Å². The number of allylic oxidation sites excluding steroid dienone is 1. The summed E-state index contributed by atoms with van der Waals surface area (Å²) >= 11 is 6.68. The monoisotopic (exact) mass is 308 g/mol. The van der Waals surface area contributed by atoms with E-state index in [2.05, 4.69) is 44.3 Å². The SMILES string of the molecule is CC1=CC(C)(C)Nc2ccc(-c3cccc(C#N)c3)c(Cl)c21. The molecule has 1 aliphatic rings. The Morgan fingerprint density at radius 3 is 2.68 bits per heavy atom. The van der Waals surface area contributed by atoms with Gasteiger partial charge in [-0.2, -0.15) is 5.26 Å². The zero-order valence-electron chi connectivity index (χ0n) is 12.9.